The number of rotatable bonds is 2. The molecule has 0 bridgehead atoms. The number of aromatic hydroxyl groups is 1. The first-order valence-electron chi connectivity index (χ1n) is 5.61. The third-order valence-electron chi connectivity index (χ3n) is 2.71. The average Bonchev–Trinajstić information content (AvgIpc) is 2.81. The van der Waals surface area contributed by atoms with Crippen LogP contribution >= 0.6 is 33.9 Å². The van der Waals surface area contributed by atoms with E-state index >= 15 is 0 Å². The molecule has 3 rings (SSSR count). The van der Waals surface area contributed by atoms with E-state index < -0.39 is 0 Å². The number of halogens is 1. The summed E-state index contributed by atoms with van der Waals surface area (Å²) in [5, 5.41) is 13.4. The second-order valence-corrected chi connectivity index (χ2v) is 6.01. The quantitative estimate of drug-likeness (QED) is 0.523. The van der Waals surface area contributed by atoms with E-state index in [1.54, 1.807) is 23.5 Å². The van der Waals surface area contributed by atoms with Crippen LogP contribution in [0.2, 0.25) is 0 Å². The Hall–Kier alpha value is -1.41. The average molecular weight is 383 g/mol. The minimum absolute atomic E-state index is 0.265. The van der Waals surface area contributed by atoms with Gasteiger partial charge in [-0.05, 0) is 52.9 Å². The normalized spacial score (nSPS) is 10.8. The van der Waals surface area contributed by atoms with Gasteiger partial charge in [-0.15, -0.1) is 11.3 Å². The molecule has 6 heteroatoms. The molecule has 0 aliphatic carbocycles. The molecule has 0 aliphatic heterocycles. The minimum atomic E-state index is 0.265. The fourth-order valence-corrected chi connectivity index (χ4v) is 3.66. The second-order valence-electron chi connectivity index (χ2n) is 3.96. The number of benzene rings is 1. The van der Waals surface area contributed by atoms with Crippen molar-refractivity contribution in [1.29, 1.82) is 0 Å². The molecule has 96 valence electrons. The fraction of sp³-hybridized carbons (Fsp3) is 0.0769. The Morgan fingerprint density at radius 2 is 2.05 bits per heavy atom. The molecule has 0 amide bonds. The number of fused-ring (bicyclic) bond motifs is 1. The van der Waals surface area contributed by atoms with Crippen LogP contribution in [0.4, 0.5) is 5.82 Å². The smallest absolute Gasteiger partial charge is 0.127 e. The van der Waals surface area contributed by atoms with Crippen molar-refractivity contribution in [3.05, 3.63) is 34.0 Å². The Morgan fingerprint density at radius 3 is 2.79 bits per heavy atom. The minimum Gasteiger partial charge on any atom is -0.508 e. The van der Waals surface area contributed by atoms with E-state index in [0.717, 1.165) is 30.3 Å². The van der Waals surface area contributed by atoms with Crippen LogP contribution in [0.5, 0.6) is 5.75 Å². The molecule has 0 saturated heterocycles. The van der Waals surface area contributed by atoms with Gasteiger partial charge >= 0.3 is 0 Å². The predicted octanol–water partition coefficient (Wildman–Crippen LogP) is 3.71. The van der Waals surface area contributed by atoms with Crippen LogP contribution in [0, 0.1) is 3.70 Å². The number of phenolic OH excluding ortho intramolecular Hbond substituents is 1. The molecule has 0 spiro atoms. The molecule has 2 heterocycles. The first-order chi connectivity index (χ1) is 9.17. The summed E-state index contributed by atoms with van der Waals surface area (Å²) in [7, 11) is 1.85. The van der Waals surface area contributed by atoms with Crippen molar-refractivity contribution in [3.63, 3.8) is 0 Å². The molecular weight excluding hydrogens is 373 g/mol. The summed E-state index contributed by atoms with van der Waals surface area (Å²) >= 11 is 3.77. The highest BCUT2D eigenvalue weighted by atomic mass is 127. The van der Waals surface area contributed by atoms with Crippen LogP contribution in [-0.2, 0) is 0 Å². The van der Waals surface area contributed by atoms with Gasteiger partial charge in [0.2, 0.25) is 0 Å². The highest BCUT2D eigenvalue weighted by molar-refractivity contribution is 14.1. The van der Waals surface area contributed by atoms with Crippen LogP contribution < -0.4 is 5.32 Å². The highest BCUT2D eigenvalue weighted by Gasteiger charge is 2.11. The number of hydrogen-bond acceptors (Lipinski definition) is 5. The Balaban J connectivity index is 2.13. The first kappa shape index (κ1) is 12.6. The van der Waals surface area contributed by atoms with E-state index in [1.807, 2.05) is 25.2 Å². The molecular formula is C13H10IN3OS. The second kappa shape index (κ2) is 4.93. The van der Waals surface area contributed by atoms with Crippen molar-refractivity contribution >= 4 is 50.0 Å². The zero-order valence-corrected chi connectivity index (χ0v) is 13.0. The number of pyridine rings is 1. The summed E-state index contributed by atoms with van der Waals surface area (Å²) in [5.74, 6) is 1.10. The van der Waals surface area contributed by atoms with Gasteiger partial charge in [0, 0.05) is 12.6 Å². The lowest BCUT2D eigenvalue weighted by molar-refractivity contribution is 0.476. The number of nitrogens with one attached hydrogen (secondary N) is 1. The SMILES string of the molecule is CNc1ccc(-c2nc3ccc(O)cc3s2)c(I)n1. The summed E-state index contributed by atoms with van der Waals surface area (Å²) in [5.41, 5.74) is 1.91. The van der Waals surface area contributed by atoms with Crippen molar-refractivity contribution in [2.75, 3.05) is 12.4 Å². The molecule has 0 radical (unpaired) electrons. The lowest BCUT2D eigenvalue weighted by Crippen LogP contribution is -1.95. The summed E-state index contributed by atoms with van der Waals surface area (Å²) in [6.07, 6.45) is 0. The van der Waals surface area contributed by atoms with Crippen LogP contribution in [0.1, 0.15) is 0 Å². The van der Waals surface area contributed by atoms with E-state index in [1.165, 1.54) is 0 Å². The molecule has 0 atom stereocenters. The molecule has 3 aromatic rings. The van der Waals surface area contributed by atoms with Gasteiger partial charge in [0.15, 0.2) is 0 Å². The molecule has 0 fully saturated rings. The van der Waals surface area contributed by atoms with E-state index in [-0.39, 0.29) is 5.75 Å². The maximum Gasteiger partial charge on any atom is 0.127 e. The lowest BCUT2D eigenvalue weighted by atomic mass is 10.3. The zero-order chi connectivity index (χ0) is 13.4. The molecule has 2 N–H and O–H groups in total. The van der Waals surface area contributed by atoms with E-state index in [9.17, 15) is 5.11 Å². The molecule has 0 saturated carbocycles. The van der Waals surface area contributed by atoms with E-state index in [2.05, 4.69) is 37.9 Å². The Kier molecular flexibility index (Phi) is 3.28. The third-order valence-corrected chi connectivity index (χ3v) is 4.58. The van der Waals surface area contributed by atoms with Crippen molar-refractivity contribution < 1.29 is 5.11 Å². The number of hydrogen-bond donors (Lipinski definition) is 2. The standard InChI is InChI=1S/C13H10IN3OS/c1-15-11-5-3-8(12(14)17-11)13-16-9-4-2-7(18)6-10(9)19-13/h2-6,18H,1H3,(H,15,17). The first-order valence-corrected chi connectivity index (χ1v) is 7.51. The summed E-state index contributed by atoms with van der Waals surface area (Å²) in [6, 6.07) is 9.16. The Morgan fingerprint density at radius 1 is 1.21 bits per heavy atom. The van der Waals surface area contributed by atoms with E-state index in [4.69, 9.17) is 0 Å². The monoisotopic (exact) mass is 383 g/mol. The lowest BCUT2D eigenvalue weighted by Gasteiger charge is -2.03. The number of nitrogens with zero attached hydrogens (tertiary/aromatic N) is 2. The molecule has 19 heavy (non-hydrogen) atoms. The topological polar surface area (TPSA) is 58.0 Å². The van der Waals surface area contributed by atoms with Crippen molar-refractivity contribution in [2.24, 2.45) is 0 Å². The molecule has 1 aromatic carbocycles. The van der Waals surface area contributed by atoms with Gasteiger partial charge in [-0.2, -0.15) is 0 Å². The van der Waals surface area contributed by atoms with Crippen molar-refractivity contribution in [3.8, 4) is 16.3 Å². The fourth-order valence-electron chi connectivity index (χ4n) is 1.76. The van der Waals surface area contributed by atoms with E-state index in [0.29, 0.717) is 0 Å². The van der Waals surface area contributed by atoms with Gasteiger partial charge in [-0.25, -0.2) is 9.97 Å². The molecule has 0 unspecified atom stereocenters. The maximum atomic E-state index is 9.49. The number of anilines is 1. The van der Waals surface area contributed by atoms with Crippen molar-refractivity contribution in [1.82, 2.24) is 9.97 Å². The van der Waals surface area contributed by atoms with Gasteiger partial charge < -0.3 is 10.4 Å². The Bertz CT molecular complexity index is 757. The van der Waals surface area contributed by atoms with Gasteiger partial charge in [-0.3, -0.25) is 0 Å². The number of thiazole rings is 1. The zero-order valence-electron chi connectivity index (χ0n) is 10.0. The number of phenols is 1. The van der Waals surface area contributed by atoms with Gasteiger partial charge in [0.25, 0.3) is 0 Å². The summed E-state index contributed by atoms with van der Waals surface area (Å²) in [6.45, 7) is 0. The van der Waals surface area contributed by atoms with Gasteiger partial charge in [0.1, 0.15) is 20.3 Å². The van der Waals surface area contributed by atoms with Gasteiger partial charge in [0.05, 0.1) is 10.2 Å². The Labute approximate surface area is 127 Å². The molecule has 2 aromatic heterocycles. The van der Waals surface area contributed by atoms with Crippen LogP contribution in [-0.4, -0.2) is 22.1 Å². The maximum absolute atomic E-state index is 9.49. The van der Waals surface area contributed by atoms with Crippen LogP contribution in [0.15, 0.2) is 30.3 Å². The summed E-state index contributed by atoms with van der Waals surface area (Å²) < 4.78 is 1.89. The summed E-state index contributed by atoms with van der Waals surface area (Å²) in [4.78, 5) is 9.03. The largest absolute Gasteiger partial charge is 0.508 e. The van der Waals surface area contributed by atoms with Crippen LogP contribution in [0.25, 0.3) is 20.8 Å². The molecule has 4 nitrogen and oxygen atoms in total. The van der Waals surface area contributed by atoms with Crippen molar-refractivity contribution in [2.45, 2.75) is 0 Å². The highest BCUT2D eigenvalue weighted by Crippen LogP contribution is 2.34. The number of aromatic nitrogens is 2. The molecule has 0 aliphatic rings. The third kappa shape index (κ3) is 2.37. The van der Waals surface area contributed by atoms with Gasteiger partial charge in [-0.1, -0.05) is 0 Å². The van der Waals surface area contributed by atoms with Crippen LogP contribution in [0.3, 0.4) is 0 Å². The predicted molar refractivity (Wildman–Crippen MR) is 86.8 cm³/mol.